The summed E-state index contributed by atoms with van der Waals surface area (Å²) in [5.74, 6) is -0.356. The van der Waals surface area contributed by atoms with Gasteiger partial charge in [0.05, 0.1) is 18.7 Å². The topological polar surface area (TPSA) is 45.1 Å². The number of amides is 2. The van der Waals surface area contributed by atoms with Crippen LogP contribution in [0.4, 0.5) is 14.9 Å². The highest BCUT2D eigenvalue weighted by Crippen LogP contribution is 2.33. The average Bonchev–Trinajstić information content (AvgIpc) is 2.34. The smallest absolute Gasteiger partial charge is 0.345 e. The number of hydrogen-bond acceptors (Lipinski definition) is 3. The van der Waals surface area contributed by atoms with Gasteiger partial charge in [0.2, 0.25) is 0 Å². The molecule has 1 heterocycles. The Morgan fingerprint density at radius 1 is 1.50 bits per heavy atom. The number of urea groups is 1. The first-order chi connectivity index (χ1) is 8.54. The van der Waals surface area contributed by atoms with Gasteiger partial charge in [0.1, 0.15) is 11.4 Å². The van der Waals surface area contributed by atoms with Gasteiger partial charge in [-0.1, -0.05) is 11.6 Å². The summed E-state index contributed by atoms with van der Waals surface area (Å²) in [4.78, 5) is 13.3. The van der Waals surface area contributed by atoms with E-state index in [1.165, 1.54) is 24.3 Å². The van der Waals surface area contributed by atoms with E-state index in [4.69, 9.17) is 16.3 Å². The molecule has 0 fully saturated rings. The van der Waals surface area contributed by atoms with Crippen LogP contribution in [0.25, 0.3) is 0 Å². The van der Waals surface area contributed by atoms with Gasteiger partial charge in [0.25, 0.3) is 0 Å². The monoisotopic (exact) mass is 271 g/mol. The van der Waals surface area contributed by atoms with Crippen molar-refractivity contribution in [3.8, 4) is 5.75 Å². The van der Waals surface area contributed by atoms with E-state index in [9.17, 15) is 9.18 Å². The Kier molecular flexibility index (Phi) is 3.38. The highest BCUT2D eigenvalue weighted by atomic mass is 35.5. The minimum Gasteiger partial charge on any atom is -0.495 e. The van der Waals surface area contributed by atoms with Gasteiger partial charge in [0, 0.05) is 19.3 Å². The fraction of sp³-hybridized carbons (Fsp3) is 0.273. The second-order valence-electron chi connectivity index (χ2n) is 3.71. The van der Waals surface area contributed by atoms with E-state index >= 15 is 0 Å². The van der Waals surface area contributed by atoms with Crippen molar-refractivity contribution in [3.05, 3.63) is 23.0 Å². The molecule has 2 rings (SSSR count). The molecule has 0 spiro atoms. The maximum Gasteiger partial charge on any atom is 0.345 e. The first-order valence-corrected chi connectivity index (χ1v) is 5.53. The number of methoxy groups -OCH3 is 1. The van der Waals surface area contributed by atoms with Gasteiger partial charge in [-0.15, -0.1) is 0 Å². The van der Waals surface area contributed by atoms with Crippen LogP contribution >= 0.6 is 11.6 Å². The highest BCUT2D eigenvalue weighted by molar-refractivity contribution is 6.32. The molecule has 0 bridgehead atoms. The molecule has 2 amide bonds. The van der Waals surface area contributed by atoms with Gasteiger partial charge in [0.15, 0.2) is 5.82 Å². The van der Waals surface area contributed by atoms with Gasteiger partial charge in [-0.2, -0.15) is 10.1 Å². The van der Waals surface area contributed by atoms with E-state index in [1.54, 1.807) is 7.05 Å². The van der Waals surface area contributed by atoms with Crippen molar-refractivity contribution >= 4 is 29.5 Å². The third-order valence-electron chi connectivity index (χ3n) is 2.51. The second-order valence-corrected chi connectivity index (χ2v) is 4.12. The number of anilines is 1. The van der Waals surface area contributed by atoms with E-state index in [2.05, 4.69) is 5.10 Å². The summed E-state index contributed by atoms with van der Waals surface area (Å²) in [5, 5.41) is 4.98. The predicted molar refractivity (Wildman–Crippen MR) is 67.0 cm³/mol. The zero-order valence-electron chi connectivity index (χ0n) is 9.85. The number of ether oxygens (including phenoxy) is 1. The standard InChI is InChI=1S/C11H11ClFN3O2/c1-15-4-3-14-16(11(15)17)9-6-10(18-2)7(12)5-8(9)13/h3,5-6H,4H2,1-2H3. The van der Waals surface area contributed by atoms with Crippen LogP contribution < -0.4 is 9.75 Å². The molecule has 1 aliphatic heterocycles. The van der Waals surface area contributed by atoms with Crippen LogP contribution in [-0.2, 0) is 0 Å². The number of carbonyl (C=O) groups excluding carboxylic acids is 1. The second kappa shape index (κ2) is 4.81. The number of halogens is 2. The number of rotatable bonds is 2. The van der Waals surface area contributed by atoms with Crippen LogP contribution in [0.15, 0.2) is 17.2 Å². The minimum atomic E-state index is -0.637. The normalized spacial score (nSPS) is 15.2. The van der Waals surface area contributed by atoms with E-state index in [-0.39, 0.29) is 16.5 Å². The molecule has 1 aromatic rings. The summed E-state index contributed by atoms with van der Waals surface area (Å²) >= 11 is 5.79. The van der Waals surface area contributed by atoms with Crippen molar-refractivity contribution in [2.45, 2.75) is 0 Å². The van der Waals surface area contributed by atoms with E-state index < -0.39 is 11.8 Å². The molecule has 0 N–H and O–H groups in total. The molecule has 5 nitrogen and oxygen atoms in total. The van der Waals surface area contributed by atoms with Crippen LogP contribution in [0.3, 0.4) is 0 Å². The third-order valence-corrected chi connectivity index (χ3v) is 2.81. The van der Waals surface area contributed by atoms with Gasteiger partial charge in [-0.05, 0) is 6.07 Å². The molecule has 0 unspecified atom stereocenters. The van der Waals surface area contributed by atoms with Crippen molar-refractivity contribution in [1.82, 2.24) is 4.90 Å². The molecule has 0 saturated heterocycles. The van der Waals surface area contributed by atoms with E-state index in [0.717, 1.165) is 11.1 Å². The zero-order valence-corrected chi connectivity index (χ0v) is 10.6. The molecule has 0 aromatic heterocycles. The molecule has 0 atom stereocenters. The summed E-state index contributed by atoms with van der Waals surface area (Å²) in [6.07, 6.45) is 1.52. The quantitative estimate of drug-likeness (QED) is 0.829. The number of carbonyl (C=O) groups is 1. The lowest BCUT2D eigenvalue weighted by atomic mass is 10.2. The van der Waals surface area contributed by atoms with Gasteiger partial charge >= 0.3 is 6.03 Å². The number of hydrogen-bond donors (Lipinski definition) is 0. The number of benzene rings is 1. The molecular weight excluding hydrogens is 261 g/mol. The van der Waals surface area contributed by atoms with Crippen molar-refractivity contribution < 1.29 is 13.9 Å². The highest BCUT2D eigenvalue weighted by Gasteiger charge is 2.25. The van der Waals surface area contributed by atoms with Gasteiger partial charge in [-0.3, -0.25) is 0 Å². The van der Waals surface area contributed by atoms with Crippen LogP contribution in [0, 0.1) is 5.82 Å². The SMILES string of the molecule is COc1cc(N2N=CCN(C)C2=O)c(F)cc1Cl. The van der Waals surface area contributed by atoms with Gasteiger partial charge < -0.3 is 9.64 Å². The Hall–Kier alpha value is -1.82. The third kappa shape index (κ3) is 2.11. The predicted octanol–water partition coefficient (Wildman–Crippen LogP) is 2.35. The minimum absolute atomic E-state index is 0.00375. The fourth-order valence-electron chi connectivity index (χ4n) is 1.53. The van der Waals surface area contributed by atoms with Crippen LogP contribution in [0.2, 0.25) is 5.02 Å². The molecule has 96 valence electrons. The molecule has 7 heteroatoms. The summed E-state index contributed by atoms with van der Waals surface area (Å²) in [5.41, 5.74) is 0.00375. The first kappa shape index (κ1) is 12.6. The van der Waals surface area contributed by atoms with Crippen molar-refractivity contribution in [2.75, 3.05) is 25.7 Å². The van der Waals surface area contributed by atoms with Crippen LogP contribution in [0.1, 0.15) is 0 Å². The Morgan fingerprint density at radius 3 is 2.89 bits per heavy atom. The lowest BCUT2D eigenvalue weighted by Crippen LogP contribution is -2.43. The first-order valence-electron chi connectivity index (χ1n) is 5.15. The summed E-state index contributed by atoms with van der Waals surface area (Å²) < 4.78 is 18.8. The van der Waals surface area contributed by atoms with Crippen molar-refractivity contribution in [3.63, 3.8) is 0 Å². The Labute approximate surface area is 108 Å². The molecule has 0 radical (unpaired) electrons. The summed E-state index contributed by atoms with van der Waals surface area (Å²) in [6.45, 7) is 0.391. The fourth-order valence-corrected chi connectivity index (χ4v) is 1.76. The maximum atomic E-state index is 13.8. The molecular formula is C11H11ClFN3O2. The van der Waals surface area contributed by atoms with Crippen molar-refractivity contribution in [1.29, 1.82) is 0 Å². The average molecular weight is 272 g/mol. The Balaban J connectivity index is 2.47. The number of nitrogens with zero attached hydrogens (tertiary/aromatic N) is 3. The Bertz CT molecular complexity index is 521. The van der Waals surface area contributed by atoms with Crippen molar-refractivity contribution in [2.24, 2.45) is 5.10 Å². The van der Waals surface area contributed by atoms with Crippen LogP contribution in [0.5, 0.6) is 5.75 Å². The number of hydrazone groups is 1. The lowest BCUT2D eigenvalue weighted by Gasteiger charge is -2.27. The molecule has 1 aliphatic rings. The van der Waals surface area contributed by atoms with Gasteiger partial charge in [-0.25, -0.2) is 9.18 Å². The Morgan fingerprint density at radius 2 is 2.22 bits per heavy atom. The molecule has 0 saturated carbocycles. The summed E-state index contributed by atoms with van der Waals surface area (Å²) in [6, 6.07) is 2.01. The summed E-state index contributed by atoms with van der Waals surface area (Å²) in [7, 11) is 3.02. The van der Waals surface area contributed by atoms with E-state index in [0.29, 0.717) is 6.54 Å². The molecule has 1 aromatic carbocycles. The molecule has 0 aliphatic carbocycles. The van der Waals surface area contributed by atoms with Crippen LogP contribution in [-0.4, -0.2) is 37.8 Å². The lowest BCUT2D eigenvalue weighted by molar-refractivity contribution is 0.219. The zero-order chi connectivity index (χ0) is 13.3. The molecule has 18 heavy (non-hydrogen) atoms. The van der Waals surface area contributed by atoms with E-state index in [1.807, 2.05) is 0 Å². The maximum absolute atomic E-state index is 13.8. The largest absolute Gasteiger partial charge is 0.495 e.